The van der Waals surface area contributed by atoms with Gasteiger partial charge in [0.05, 0.1) is 12.2 Å². The van der Waals surface area contributed by atoms with Crippen molar-refractivity contribution in [2.45, 2.75) is 52.7 Å². The Kier molecular flexibility index (Phi) is 10.2. The fraction of sp³-hybridized carbons (Fsp3) is 0.357. The van der Waals surface area contributed by atoms with Gasteiger partial charge in [0.15, 0.2) is 0 Å². The molecular weight excluding hydrogens is 448 g/mol. The first-order valence-corrected chi connectivity index (χ1v) is 11.3. The third kappa shape index (κ3) is 9.03. The largest absolute Gasteiger partial charge is 0.460 e. The van der Waals surface area contributed by atoms with E-state index in [4.69, 9.17) is 14.2 Å². The smallest absolute Gasteiger partial charge is 0.333 e. The van der Waals surface area contributed by atoms with E-state index < -0.39 is 24.1 Å². The molecule has 0 aliphatic heterocycles. The standard InChI is InChI=1S/C28H34O7/c1-17(2)27(31)33-15-23(29)13-21-11-19(5)7-9-25(21)35-26-10-8-20(6)12-22(26)14-24(30)16-34-28(32)18(3)4/h7-12,23-24,29-30H,1,3,13-16H2,2,4-6H3. The molecule has 7 heteroatoms. The summed E-state index contributed by atoms with van der Waals surface area (Å²) in [6.45, 7) is 13.7. The van der Waals surface area contributed by atoms with Crippen LogP contribution in [0.5, 0.6) is 11.5 Å². The molecule has 2 rings (SSSR count). The Morgan fingerprint density at radius 2 is 1.14 bits per heavy atom. The average molecular weight is 483 g/mol. The SMILES string of the molecule is C=C(C)C(=O)OCC(O)Cc1cc(C)ccc1Oc1ccc(C)cc1CC(O)COC(=O)C(=C)C. The van der Waals surface area contributed by atoms with Gasteiger partial charge in [-0.15, -0.1) is 0 Å². The normalized spacial score (nSPS) is 12.4. The fourth-order valence-corrected chi connectivity index (χ4v) is 3.27. The van der Waals surface area contributed by atoms with Crippen LogP contribution < -0.4 is 4.74 Å². The van der Waals surface area contributed by atoms with Crippen molar-refractivity contribution in [2.24, 2.45) is 0 Å². The number of hydrogen-bond acceptors (Lipinski definition) is 7. The Hall–Kier alpha value is -3.42. The Balaban J connectivity index is 2.17. The van der Waals surface area contributed by atoms with Crippen LogP contribution in [0.2, 0.25) is 0 Å². The highest BCUT2D eigenvalue weighted by Crippen LogP contribution is 2.31. The van der Waals surface area contributed by atoms with Crippen LogP contribution >= 0.6 is 0 Å². The molecule has 2 aromatic carbocycles. The van der Waals surface area contributed by atoms with Crippen molar-refractivity contribution >= 4 is 11.9 Å². The van der Waals surface area contributed by atoms with E-state index in [2.05, 4.69) is 13.2 Å². The van der Waals surface area contributed by atoms with Gasteiger partial charge < -0.3 is 24.4 Å². The third-order valence-corrected chi connectivity index (χ3v) is 5.07. The highest BCUT2D eigenvalue weighted by molar-refractivity contribution is 5.87. The van der Waals surface area contributed by atoms with E-state index in [1.165, 1.54) is 0 Å². The van der Waals surface area contributed by atoms with Crippen LogP contribution in [0.3, 0.4) is 0 Å². The maximum absolute atomic E-state index is 11.6. The monoisotopic (exact) mass is 482 g/mol. The summed E-state index contributed by atoms with van der Waals surface area (Å²) in [5.41, 5.74) is 3.98. The molecule has 0 spiro atoms. The Morgan fingerprint density at radius 3 is 1.49 bits per heavy atom. The second kappa shape index (κ2) is 12.9. The first-order chi connectivity index (χ1) is 16.5. The summed E-state index contributed by atoms with van der Waals surface area (Å²) in [6.07, 6.45) is -1.43. The second-order valence-corrected chi connectivity index (χ2v) is 8.80. The van der Waals surface area contributed by atoms with Gasteiger partial charge in [-0.25, -0.2) is 9.59 Å². The molecule has 2 aromatic rings. The molecule has 188 valence electrons. The minimum absolute atomic E-state index is 0.163. The molecule has 0 amide bonds. The highest BCUT2D eigenvalue weighted by Gasteiger charge is 2.17. The minimum Gasteiger partial charge on any atom is -0.460 e. The number of aliphatic hydroxyl groups is 2. The zero-order valence-corrected chi connectivity index (χ0v) is 20.8. The zero-order chi connectivity index (χ0) is 26.1. The second-order valence-electron chi connectivity index (χ2n) is 8.80. The van der Waals surface area contributed by atoms with Gasteiger partial charge >= 0.3 is 11.9 Å². The van der Waals surface area contributed by atoms with Gasteiger partial charge in [-0.3, -0.25) is 0 Å². The minimum atomic E-state index is -0.926. The first-order valence-electron chi connectivity index (χ1n) is 11.3. The Labute approximate surface area is 206 Å². The lowest BCUT2D eigenvalue weighted by atomic mass is 10.0. The average Bonchev–Trinajstić information content (AvgIpc) is 2.78. The quantitative estimate of drug-likeness (QED) is 0.346. The molecule has 0 fully saturated rings. The van der Waals surface area contributed by atoms with Crippen LogP contribution in [0.15, 0.2) is 60.7 Å². The van der Waals surface area contributed by atoms with E-state index in [0.717, 1.165) is 22.3 Å². The van der Waals surface area contributed by atoms with Gasteiger partial charge in [0.1, 0.15) is 24.7 Å². The number of esters is 2. The molecule has 0 aliphatic carbocycles. The summed E-state index contributed by atoms with van der Waals surface area (Å²) in [7, 11) is 0. The summed E-state index contributed by atoms with van der Waals surface area (Å²) < 4.78 is 16.3. The number of aliphatic hydroxyl groups excluding tert-OH is 2. The zero-order valence-electron chi connectivity index (χ0n) is 20.8. The predicted octanol–water partition coefficient (Wildman–Crippen LogP) is 4.14. The van der Waals surface area contributed by atoms with Crippen molar-refractivity contribution in [3.8, 4) is 11.5 Å². The van der Waals surface area contributed by atoms with Crippen molar-refractivity contribution < 1.29 is 34.0 Å². The van der Waals surface area contributed by atoms with E-state index in [1.807, 2.05) is 50.2 Å². The number of carbonyl (C=O) groups excluding carboxylic acids is 2. The molecule has 0 heterocycles. The molecule has 2 atom stereocenters. The van der Waals surface area contributed by atoms with Crippen LogP contribution in [0, 0.1) is 13.8 Å². The van der Waals surface area contributed by atoms with Crippen molar-refractivity contribution in [1.82, 2.24) is 0 Å². The Morgan fingerprint density at radius 1 is 0.771 bits per heavy atom. The number of aryl methyl sites for hydroxylation is 2. The molecule has 0 aliphatic rings. The summed E-state index contributed by atoms with van der Waals surface area (Å²) in [5, 5.41) is 20.8. The maximum Gasteiger partial charge on any atom is 0.333 e. The number of rotatable bonds is 12. The van der Waals surface area contributed by atoms with Gasteiger partial charge in [-0.1, -0.05) is 48.6 Å². The molecule has 0 radical (unpaired) electrons. The number of carbonyl (C=O) groups is 2. The fourth-order valence-electron chi connectivity index (χ4n) is 3.27. The van der Waals surface area contributed by atoms with Crippen molar-refractivity contribution in [2.75, 3.05) is 13.2 Å². The topological polar surface area (TPSA) is 102 Å². The van der Waals surface area contributed by atoms with Gasteiger partial charge in [0.25, 0.3) is 0 Å². The van der Waals surface area contributed by atoms with Crippen LogP contribution in [0.4, 0.5) is 0 Å². The molecule has 7 nitrogen and oxygen atoms in total. The molecule has 2 N–H and O–H groups in total. The number of ether oxygens (including phenoxy) is 3. The summed E-state index contributed by atoms with van der Waals surface area (Å²) >= 11 is 0. The summed E-state index contributed by atoms with van der Waals surface area (Å²) in [5.74, 6) is -0.0357. The summed E-state index contributed by atoms with van der Waals surface area (Å²) in [4.78, 5) is 23.2. The molecule has 0 bridgehead atoms. The molecule has 0 saturated carbocycles. The number of benzene rings is 2. The molecule has 2 unspecified atom stereocenters. The van der Waals surface area contributed by atoms with E-state index in [-0.39, 0.29) is 37.2 Å². The van der Waals surface area contributed by atoms with Crippen LogP contribution in [-0.4, -0.2) is 47.6 Å². The first kappa shape index (κ1) is 27.8. The number of hydrogen-bond donors (Lipinski definition) is 2. The Bertz CT molecular complexity index is 1000. The van der Waals surface area contributed by atoms with Gasteiger partial charge in [-0.05, 0) is 51.0 Å². The lowest BCUT2D eigenvalue weighted by Crippen LogP contribution is -2.22. The van der Waals surface area contributed by atoms with Gasteiger partial charge in [0, 0.05) is 24.0 Å². The molecule has 35 heavy (non-hydrogen) atoms. The maximum atomic E-state index is 11.6. The highest BCUT2D eigenvalue weighted by atomic mass is 16.5. The van der Waals surface area contributed by atoms with Gasteiger partial charge in [-0.2, -0.15) is 0 Å². The lowest BCUT2D eigenvalue weighted by molar-refractivity contribution is -0.142. The molecule has 0 aromatic heterocycles. The summed E-state index contributed by atoms with van der Waals surface area (Å²) in [6, 6.07) is 11.2. The van der Waals surface area contributed by atoms with Crippen molar-refractivity contribution in [1.29, 1.82) is 0 Å². The third-order valence-electron chi connectivity index (χ3n) is 5.07. The van der Waals surface area contributed by atoms with Crippen molar-refractivity contribution in [3.63, 3.8) is 0 Å². The molecular formula is C28H34O7. The van der Waals surface area contributed by atoms with Crippen LogP contribution in [0.1, 0.15) is 36.1 Å². The lowest BCUT2D eigenvalue weighted by Gasteiger charge is -2.19. The van der Waals surface area contributed by atoms with E-state index in [9.17, 15) is 19.8 Å². The van der Waals surface area contributed by atoms with E-state index >= 15 is 0 Å². The van der Waals surface area contributed by atoms with Crippen LogP contribution in [0.25, 0.3) is 0 Å². The van der Waals surface area contributed by atoms with E-state index in [0.29, 0.717) is 11.5 Å². The van der Waals surface area contributed by atoms with E-state index in [1.54, 1.807) is 13.8 Å². The van der Waals surface area contributed by atoms with Crippen molar-refractivity contribution in [3.05, 3.63) is 83.0 Å². The van der Waals surface area contributed by atoms with Gasteiger partial charge in [0.2, 0.25) is 0 Å². The molecule has 0 saturated heterocycles. The predicted molar refractivity (Wildman–Crippen MR) is 133 cm³/mol. The van der Waals surface area contributed by atoms with Crippen LogP contribution in [-0.2, 0) is 31.9 Å².